The smallest absolute Gasteiger partial charge is 0.339 e. The van der Waals surface area contributed by atoms with Gasteiger partial charge in [0.2, 0.25) is 0 Å². The molecule has 4 nitrogen and oxygen atoms in total. The van der Waals surface area contributed by atoms with Gasteiger partial charge in [-0.2, -0.15) is 0 Å². The lowest BCUT2D eigenvalue weighted by Gasteiger charge is -2.17. The van der Waals surface area contributed by atoms with Gasteiger partial charge >= 0.3 is 5.97 Å². The lowest BCUT2D eigenvalue weighted by atomic mass is 10.2. The zero-order chi connectivity index (χ0) is 11.4. The summed E-state index contributed by atoms with van der Waals surface area (Å²) in [6.07, 6.45) is 1.66. The molecule has 0 saturated carbocycles. The second-order valence-corrected chi connectivity index (χ2v) is 3.37. The summed E-state index contributed by atoms with van der Waals surface area (Å²) in [5.74, 6) is -0.681. The van der Waals surface area contributed by atoms with Gasteiger partial charge in [0.05, 0.1) is 0 Å². The van der Waals surface area contributed by atoms with Crippen molar-refractivity contribution in [1.29, 1.82) is 0 Å². The minimum atomic E-state index is -1.02. The van der Waals surface area contributed by atoms with E-state index in [0.717, 1.165) is 0 Å². The summed E-state index contributed by atoms with van der Waals surface area (Å²) >= 11 is 5.71. The molecule has 1 aromatic rings. The fraction of sp³-hybridized carbons (Fsp3) is 0.200. The number of likely N-dealkylation sites (N-methyl/N-ethyl adjacent to an activating group) is 1. The highest BCUT2D eigenvalue weighted by molar-refractivity contribution is 6.29. The van der Waals surface area contributed by atoms with E-state index in [1.807, 2.05) is 0 Å². The van der Waals surface area contributed by atoms with Crippen LogP contribution in [0.15, 0.2) is 24.8 Å². The van der Waals surface area contributed by atoms with Crippen LogP contribution < -0.4 is 4.90 Å². The summed E-state index contributed by atoms with van der Waals surface area (Å²) < 4.78 is 0. The first-order valence-corrected chi connectivity index (χ1v) is 4.66. The van der Waals surface area contributed by atoms with Gasteiger partial charge in [0, 0.05) is 13.6 Å². The van der Waals surface area contributed by atoms with Crippen molar-refractivity contribution in [2.24, 2.45) is 0 Å². The van der Waals surface area contributed by atoms with E-state index in [-0.39, 0.29) is 10.7 Å². The molecule has 0 unspecified atom stereocenters. The molecule has 15 heavy (non-hydrogen) atoms. The highest BCUT2D eigenvalue weighted by atomic mass is 35.5. The van der Waals surface area contributed by atoms with E-state index in [9.17, 15) is 4.79 Å². The van der Waals surface area contributed by atoms with E-state index in [4.69, 9.17) is 16.7 Å². The number of rotatable bonds is 4. The zero-order valence-corrected chi connectivity index (χ0v) is 9.03. The molecule has 0 spiro atoms. The molecule has 0 amide bonds. The van der Waals surface area contributed by atoms with E-state index < -0.39 is 5.97 Å². The molecule has 1 heterocycles. The van der Waals surface area contributed by atoms with Crippen LogP contribution in [0.25, 0.3) is 0 Å². The maximum atomic E-state index is 10.9. The Labute approximate surface area is 92.8 Å². The zero-order valence-electron chi connectivity index (χ0n) is 8.27. The molecule has 0 aliphatic carbocycles. The van der Waals surface area contributed by atoms with Gasteiger partial charge in [-0.05, 0) is 12.1 Å². The second-order valence-electron chi connectivity index (χ2n) is 2.98. The first-order valence-electron chi connectivity index (χ1n) is 4.28. The van der Waals surface area contributed by atoms with Gasteiger partial charge in [-0.25, -0.2) is 9.78 Å². The Balaban J connectivity index is 3.17. The summed E-state index contributed by atoms with van der Waals surface area (Å²) in [5, 5.41) is 9.21. The van der Waals surface area contributed by atoms with E-state index >= 15 is 0 Å². The third-order valence-corrected chi connectivity index (χ3v) is 2.05. The molecule has 0 aromatic carbocycles. The molecule has 0 radical (unpaired) electrons. The van der Waals surface area contributed by atoms with E-state index in [1.165, 1.54) is 12.1 Å². The molecule has 0 aliphatic heterocycles. The van der Waals surface area contributed by atoms with Crippen LogP contribution >= 0.6 is 11.6 Å². The van der Waals surface area contributed by atoms with Gasteiger partial charge in [-0.1, -0.05) is 17.7 Å². The Hall–Kier alpha value is -1.55. The number of anilines is 1. The van der Waals surface area contributed by atoms with Gasteiger partial charge in [0.1, 0.15) is 16.5 Å². The first kappa shape index (κ1) is 11.5. The molecular formula is C10H11ClN2O2. The average Bonchev–Trinajstić information content (AvgIpc) is 2.17. The van der Waals surface area contributed by atoms with Crippen molar-refractivity contribution in [3.05, 3.63) is 35.5 Å². The van der Waals surface area contributed by atoms with Crippen molar-refractivity contribution < 1.29 is 9.90 Å². The number of nitrogens with zero attached hydrogens (tertiary/aromatic N) is 2. The lowest BCUT2D eigenvalue weighted by molar-refractivity contribution is 0.0697. The molecule has 0 atom stereocenters. The lowest BCUT2D eigenvalue weighted by Crippen LogP contribution is -2.21. The molecular weight excluding hydrogens is 216 g/mol. The van der Waals surface area contributed by atoms with Crippen LogP contribution in [-0.4, -0.2) is 29.7 Å². The van der Waals surface area contributed by atoms with Crippen LogP contribution in [0.3, 0.4) is 0 Å². The number of halogens is 1. The number of carboxylic acid groups (broad SMARTS) is 1. The maximum Gasteiger partial charge on any atom is 0.339 e. The van der Waals surface area contributed by atoms with E-state index in [1.54, 1.807) is 18.0 Å². The van der Waals surface area contributed by atoms with Gasteiger partial charge in [-0.3, -0.25) is 0 Å². The summed E-state index contributed by atoms with van der Waals surface area (Å²) in [5.41, 5.74) is 0.128. The van der Waals surface area contributed by atoms with Crippen LogP contribution in [0.1, 0.15) is 10.4 Å². The molecule has 1 N–H and O–H groups in total. The minimum absolute atomic E-state index is 0.128. The van der Waals surface area contributed by atoms with Crippen molar-refractivity contribution in [3.8, 4) is 0 Å². The largest absolute Gasteiger partial charge is 0.478 e. The highest BCUT2D eigenvalue weighted by Crippen LogP contribution is 2.19. The number of carboxylic acids is 1. The summed E-state index contributed by atoms with van der Waals surface area (Å²) in [6.45, 7) is 4.08. The SMILES string of the molecule is C=CCN(C)c1nc(Cl)ccc1C(=O)O. The van der Waals surface area contributed by atoms with E-state index in [0.29, 0.717) is 12.4 Å². The number of pyridine rings is 1. The number of aromatic carboxylic acids is 1. The van der Waals surface area contributed by atoms with Gasteiger partial charge in [0.25, 0.3) is 0 Å². The van der Waals surface area contributed by atoms with Crippen molar-refractivity contribution in [2.75, 3.05) is 18.5 Å². The molecule has 1 aromatic heterocycles. The summed E-state index contributed by atoms with van der Waals surface area (Å²) in [4.78, 5) is 16.6. The van der Waals surface area contributed by atoms with Crippen molar-refractivity contribution in [2.45, 2.75) is 0 Å². The monoisotopic (exact) mass is 226 g/mol. The maximum absolute atomic E-state index is 10.9. The molecule has 0 aliphatic rings. The number of carbonyl (C=O) groups is 1. The molecule has 80 valence electrons. The van der Waals surface area contributed by atoms with Gasteiger partial charge < -0.3 is 10.0 Å². The van der Waals surface area contributed by atoms with Crippen molar-refractivity contribution in [3.63, 3.8) is 0 Å². The Morgan fingerprint density at radius 1 is 1.73 bits per heavy atom. The third kappa shape index (κ3) is 2.70. The first-order chi connectivity index (χ1) is 7.06. The third-order valence-electron chi connectivity index (χ3n) is 1.84. The van der Waals surface area contributed by atoms with Gasteiger partial charge in [0.15, 0.2) is 0 Å². The average molecular weight is 227 g/mol. The number of hydrogen-bond donors (Lipinski definition) is 1. The van der Waals surface area contributed by atoms with Crippen LogP contribution in [0.2, 0.25) is 5.15 Å². The molecule has 1 rings (SSSR count). The highest BCUT2D eigenvalue weighted by Gasteiger charge is 2.14. The van der Waals surface area contributed by atoms with Crippen LogP contribution in [-0.2, 0) is 0 Å². The van der Waals surface area contributed by atoms with E-state index in [2.05, 4.69) is 11.6 Å². The standard InChI is InChI=1S/C10H11ClN2O2/c1-3-6-13(2)9-7(10(14)15)4-5-8(11)12-9/h3-5H,1,6H2,2H3,(H,14,15). The quantitative estimate of drug-likeness (QED) is 0.631. The fourth-order valence-corrected chi connectivity index (χ4v) is 1.31. The Kier molecular flexibility index (Phi) is 3.68. The van der Waals surface area contributed by atoms with Crippen molar-refractivity contribution in [1.82, 2.24) is 4.98 Å². The minimum Gasteiger partial charge on any atom is -0.478 e. The Morgan fingerprint density at radius 2 is 2.40 bits per heavy atom. The number of hydrogen-bond acceptors (Lipinski definition) is 3. The molecule has 0 fully saturated rings. The predicted octanol–water partition coefficient (Wildman–Crippen LogP) is 2.06. The van der Waals surface area contributed by atoms with Gasteiger partial charge in [-0.15, -0.1) is 6.58 Å². The molecule has 5 heteroatoms. The predicted molar refractivity (Wildman–Crippen MR) is 59.7 cm³/mol. The summed E-state index contributed by atoms with van der Waals surface area (Å²) in [6, 6.07) is 2.89. The van der Waals surface area contributed by atoms with Crippen LogP contribution in [0.4, 0.5) is 5.82 Å². The van der Waals surface area contributed by atoms with Crippen molar-refractivity contribution >= 4 is 23.4 Å². The fourth-order valence-electron chi connectivity index (χ4n) is 1.16. The van der Waals surface area contributed by atoms with Crippen LogP contribution in [0, 0.1) is 0 Å². The Morgan fingerprint density at radius 3 is 2.93 bits per heavy atom. The molecule has 0 bridgehead atoms. The normalized spacial score (nSPS) is 9.73. The molecule has 0 saturated heterocycles. The Bertz CT molecular complexity index is 393. The number of aromatic nitrogens is 1. The summed E-state index contributed by atoms with van der Waals surface area (Å²) in [7, 11) is 1.73. The topological polar surface area (TPSA) is 53.4 Å². The second kappa shape index (κ2) is 4.79. The van der Waals surface area contributed by atoms with Crippen LogP contribution in [0.5, 0.6) is 0 Å².